The molecule has 2 aliphatic rings. The first-order chi connectivity index (χ1) is 12.9. The second-order valence-corrected chi connectivity index (χ2v) is 7.50. The first-order valence-corrected chi connectivity index (χ1v) is 9.14. The largest absolute Gasteiger partial charge is 0.457 e. The number of carbonyl (C=O) groups is 3. The fourth-order valence-electron chi connectivity index (χ4n) is 3.50. The monoisotopic (exact) mass is 383 g/mol. The highest BCUT2D eigenvalue weighted by molar-refractivity contribution is 6.30. The Kier molecular flexibility index (Phi) is 4.27. The standard InChI is InChI=1S/C21H18ClNO4/c1-23-17-7-2-13(10-14(17)11-19(23)25)18(24)12-27-20(26)21(8-9-21)15-3-5-16(22)6-4-15/h2-7,10H,8-9,11-12H2,1H3. The molecule has 5 nitrogen and oxygen atoms in total. The average Bonchev–Trinajstić information content (AvgIpc) is 3.42. The van der Waals surface area contributed by atoms with Crippen molar-refractivity contribution in [2.24, 2.45) is 0 Å². The minimum Gasteiger partial charge on any atom is -0.457 e. The maximum Gasteiger partial charge on any atom is 0.317 e. The zero-order chi connectivity index (χ0) is 19.2. The van der Waals surface area contributed by atoms with Crippen molar-refractivity contribution in [1.82, 2.24) is 0 Å². The van der Waals surface area contributed by atoms with E-state index in [0.717, 1.165) is 16.8 Å². The quantitative estimate of drug-likeness (QED) is 0.587. The molecule has 2 aromatic rings. The molecule has 138 valence electrons. The number of anilines is 1. The van der Waals surface area contributed by atoms with E-state index in [2.05, 4.69) is 0 Å². The second kappa shape index (κ2) is 6.50. The van der Waals surface area contributed by atoms with Crippen molar-refractivity contribution >= 4 is 34.9 Å². The normalized spacial score (nSPS) is 16.8. The number of benzene rings is 2. The number of hydrogen-bond acceptors (Lipinski definition) is 4. The van der Waals surface area contributed by atoms with Gasteiger partial charge in [0.15, 0.2) is 12.4 Å². The lowest BCUT2D eigenvalue weighted by molar-refractivity contribution is -0.145. The first kappa shape index (κ1) is 17.7. The molecule has 1 aliphatic carbocycles. The van der Waals surface area contributed by atoms with E-state index >= 15 is 0 Å². The molecule has 0 radical (unpaired) electrons. The van der Waals surface area contributed by atoms with Crippen LogP contribution in [0.1, 0.15) is 34.3 Å². The number of fused-ring (bicyclic) bond motifs is 1. The molecule has 0 saturated heterocycles. The van der Waals surface area contributed by atoms with E-state index in [-0.39, 0.29) is 30.7 Å². The van der Waals surface area contributed by atoms with Crippen molar-refractivity contribution in [1.29, 1.82) is 0 Å². The number of carbonyl (C=O) groups excluding carboxylic acids is 3. The molecule has 0 atom stereocenters. The van der Waals surface area contributed by atoms with E-state index in [4.69, 9.17) is 16.3 Å². The third-order valence-electron chi connectivity index (χ3n) is 5.35. The van der Waals surface area contributed by atoms with Crippen molar-refractivity contribution in [3.63, 3.8) is 0 Å². The highest BCUT2D eigenvalue weighted by atomic mass is 35.5. The van der Waals surface area contributed by atoms with Gasteiger partial charge in [-0.3, -0.25) is 14.4 Å². The summed E-state index contributed by atoms with van der Waals surface area (Å²) in [6.07, 6.45) is 1.69. The molecule has 27 heavy (non-hydrogen) atoms. The summed E-state index contributed by atoms with van der Waals surface area (Å²) in [5, 5.41) is 0.610. The summed E-state index contributed by atoms with van der Waals surface area (Å²) >= 11 is 5.91. The summed E-state index contributed by atoms with van der Waals surface area (Å²) in [5.41, 5.74) is 2.29. The fraction of sp³-hybridized carbons (Fsp3) is 0.286. The second-order valence-electron chi connectivity index (χ2n) is 7.06. The smallest absolute Gasteiger partial charge is 0.317 e. The van der Waals surface area contributed by atoms with Gasteiger partial charge in [0.25, 0.3) is 0 Å². The van der Waals surface area contributed by atoms with E-state index in [1.807, 2.05) is 12.1 Å². The third kappa shape index (κ3) is 3.12. The maximum absolute atomic E-state index is 12.6. The number of hydrogen-bond donors (Lipinski definition) is 0. The van der Waals surface area contributed by atoms with E-state index in [9.17, 15) is 14.4 Å². The number of ketones is 1. The Morgan fingerprint density at radius 1 is 1.15 bits per heavy atom. The lowest BCUT2D eigenvalue weighted by Gasteiger charge is -2.15. The number of ether oxygens (including phenoxy) is 1. The summed E-state index contributed by atoms with van der Waals surface area (Å²) in [4.78, 5) is 38.3. The van der Waals surface area contributed by atoms with Gasteiger partial charge in [-0.2, -0.15) is 0 Å². The van der Waals surface area contributed by atoms with Crippen LogP contribution in [0.3, 0.4) is 0 Å². The fourth-order valence-corrected chi connectivity index (χ4v) is 3.63. The van der Waals surface area contributed by atoms with Crippen molar-refractivity contribution in [2.75, 3.05) is 18.6 Å². The number of amides is 1. The van der Waals surface area contributed by atoms with E-state index in [0.29, 0.717) is 23.4 Å². The van der Waals surface area contributed by atoms with Crippen LogP contribution in [-0.2, 0) is 26.2 Å². The summed E-state index contributed by atoms with van der Waals surface area (Å²) in [6.45, 7) is -0.309. The van der Waals surface area contributed by atoms with Crippen molar-refractivity contribution in [3.8, 4) is 0 Å². The lowest BCUT2D eigenvalue weighted by atomic mass is 9.96. The predicted octanol–water partition coefficient (Wildman–Crippen LogP) is 3.32. The molecule has 0 aromatic heterocycles. The SMILES string of the molecule is CN1C(=O)Cc2cc(C(=O)COC(=O)C3(c4ccc(Cl)cc4)CC3)ccc21. The molecule has 1 saturated carbocycles. The number of nitrogens with zero attached hydrogens (tertiary/aromatic N) is 1. The minimum absolute atomic E-state index is 0.000309. The number of esters is 1. The molecule has 0 bridgehead atoms. The lowest BCUT2D eigenvalue weighted by Crippen LogP contribution is -2.25. The molecular formula is C21H18ClNO4. The highest BCUT2D eigenvalue weighted by Gasteiger charge is 2.52. The van der Waals surface area contributed by atoms with Crippen LogP contribution in [0.15, 0.2) is 42.5 Å². The van der Waals surface area contributed by atoms with Gasteiger partial charge in [0.1, 0.15) is 0 Å². The number of rotatable bonds is 5. The zero-order valence-electron chi connectivity index (χ0n) is 14.8. The molecule has 2 aromatic carbocycles. The van der Waals surface area contributed by atoms with Gasteiger partial charge in [-0.15, -0.1) is 0 Å². The Hall–Kier alpha value is -2.66. The average molecular weight is 384 g/mol. The number of halogens is 1. The van der Waals surface area contributed by atoms with E-state index in [1.54, 1.807) is 42.3 Å². The van der Waals surface area contributed by atoms with Crippen LogP contribution in [0, 0.1) is 0 Å². The van der Waals surface area contributed by atoms with Crippen molar-refractivity contribution in [2.45, 2.75) is 24.7 Å². The van der Waals surface area contributed by atoms with Gasteiger partial charge in [-0.05, 0) is 54.3 Å². The van der Waals surface area contributed by atoms with Crippen molar-refractivity contribution in [3.05, 3.63) is 64.2 Å². The molecule has 0 unspecified atom stereocenters. The van der Waals surface area contributed by atoms with Crippen LogP contribution in [0.2, 0.25) is 5.02 Å². The first-order valence-electron chi connectivity index (χ1n) is 8.77. The van der Waals surface area contributed by atoms with Gasteiger partial charge >= 0.3 is 5.97 Å². The predicted molar refractivity (Wildman–Crippen MR) is 101 cm³/mol. The Morgan fingerprint density at radius 2 is 1.85 bits per heavy atom. The van der Waals surface area contributed by atoms with Gasteiger partial charge < -0.3 is 9.64 Å². The molecular weight excluding hydrogens is 366 g/mol. The summed E-state index contributed by atoms with van der Waals surface area (Å²) in [7, 11) is 1.71. The number of likely N-dealkylation sites (N-methyl/N-ethyl adjacent to an activating group) is 1. The summed E-state index contributed by atoms with van der Waals surface area (Å²) < 4.78 is 5.33. The van der Waals surface area contributed by atoms with Gasteiger partial charge in [0.05, 0.1) is 11.8 Å². The minimum atomic E-state index is -0.655. The molecule has 0 N–H and O–H groups in total. The molecule has 4 rings (SSSR count). The summed E-state index contributed by atoms with van der Waals surface area (Å²) in [6, 6.07) is 12.3. The molecule has 1 amide bonds. The Labute approximate surface area is 161 Å². The molecule has 6 heteroatoms. The molecule has 0 spiro atoms. The van der Waals surface area contributed by atoms with Gasteiger partial charge in [-0.1, -0.05) is 23.7 Å². The topological polar surface area (TPSA) is 63.7 Å². The van der Waals surface area contributed by atoms with Crippen molar-refractivity contribution < 1.29 is 19.1 Å². The van der Waals surface area contributed by atoms with Crippen LogP contribution >= 0.6 is 11.6 Å². The molecule has 1 heterocycles. The third-order valence-corrected chi connectivity index (χ3v) is 5.60. The zero-order valence-corrected chi connectivity index (χ0v) is 15.6. The Balaban J connectivity index is 1.43. The van der Waals surface area contributed by atoms with Crippen LogP contribution in [0.25, 0.3) is 0 Å². The molecule has 1 aliphatic heterocycles. The van der Waals surface area contributed by atoms with Gasteiger partial charge in [-0.25, -0.2) is 0 Å². The van der Waals surface area contributed by atoms with Gasteiger partial charge in [0, 0.05) is 23.3 Å². The van der Waals surface area contributed by atoms with Crippen LogP contribution in [0.4, 0.5) is 5.69 Å². The summed E-state index contributed by atoms with van der Waals surface area (Å²) in [5.74, 6) is -0.658. The Morgan fingerprint density at radius 3 is 2.52 bits per heavy atom. The maximum atomic E-state index is 12.6. The van der Waals surface area contributed by atoms with E-state index in [1.165, 1.54) is 0 Å². The Bertz CT molecular complexity index is 947. The highest BCUT2D eigenvalue weighted by Crippen LogP contribution is 2.49. The van der Waals surface area contributed by atoms with Crippen LogP contribution in [-0.4, -0.2) is 31.3 Å². The number of Topliss-reactive ketones (excluding diaryl/α,β-unsaturated/α-hetero) is 1. The van der Waals surface area contributed by atoms with Crippen LogP contribution < -0.4 is 4.90 Å². The molecule has 1 fully saturated rings. The van der Waals surface area contributed by atoms with Gasteiger partial charge in [0.2, 0.25) is 5.91 Å². The van der Waals surface area contributed by atoms with E-state index < -0.39 is 5.41 Å². The van der Waals surface area contributed by atoms with Crippen LogP contribution in [0.5, 0.6) is 0 Å².